The molecule has 8 nitrogen and oxygen atoms in total. The van der Waals surface area contributed by atoms with Gasteiger partial charge in [-0.25, -0.2) is 0 Å². The summed E-state index contributed by atoms with van der Waals surface area (Å²) in [4.78, 5) is 7.64. The van der Waals surface area contributed by atoms with Gasteiger partial charge in [-0.1, -0.05) is 228 Å². The van der Waals surface area contributed by atoms with Crippen molar-refractivity contribution in [2.45, 2.75) is 55.1 Å². The van der Waals surface area contributed by atoms with Gasteiger partial charge in [-0.15, -0.1) is 0 Å². The number of aryl methyl sites for hydroxylation is 8. The molecule has 0 N–H and O–H groups in total. The Morgan fingerprint density at radius 1 is 0.194 bits per heavy atom. The normalized spacial score (nSPS) is 15.2. The molecule has 0 spiro atoms. The topological polar surface area (TPSA) is 30.6 Å². The van der Waals surface area contributed by atoms with Crippen LogP contribution in [0.4, 0.5) is 68.2 Å². The molecule has 0 aliphatic carbocycles. The number of fused-ring (bicyclic) bond motifs is 24. The molecule has 26 aromatic rings. The van der Waals surface area contributed by atoms with Gasteiger partial charge in [-0.2, -0.15) is 0 Å². The van der Waals surface area contributed by atoms with Crippen LogP contribution >= 0.6 is 0 Å². The van der Waals surface area contributed by atoms with E-state index in [0.29, 0.717) is 45.5 Å². The van der Waals surface area contributed by atoms with Crippen molar-refractivity contribution in [1.82, 2.24) is 17.6 Å². The summed E-state index contributed by atoms with van der Waals surface area (Å²) in [6, 6.07) is 95.0. The van der Waals surface area contributed by atoms with E-state index in [-0.39, 0.29) is 57.8 Å². The fourth-order valence-corrected chi connectivity index (χ4v) is 20.1. The molecule has 8 aromatic heterocycles. The molecular weight excluding hydrogens is 1510 g/mol. The van der Waals surface area contributed by atoms with Gasteiger partial charge >= 0.3 is 0 Å². The van der Waals surface area contributed by atoms with Gasteiger partial charge in [0.05, 0.1) is 79.9 Å². The Bertz CT molecular complexity index is 9270. The van der Waals surface area contributed by atoms with E-state index in [1.165, 1.54) is 0 Å². The minimum Gasteiger partial charge on any atom is -0.310 e. The van der Waals surface area contributed by atoms with Crippen LogP contribution in [-0.2, 0) is 0 Å². The number of hydrogen-bond acceptors (Lipinski definition) is 4. The first-order valence-electron chi connectivity index (χ1n) is 52.4. The summed E-state index contributed by atoms with van der Waals surface area (Å²) in [5, 5.41) is 17.0. The van der Waals surface area contributed by atoms with Crippen LogP contribution in [-0.4, -0.2) is 17.6 Å². The van der Waals surface area contributed by atoms with Crippen molar-refractivity contribution in [3.05, 3.63) is 408 Å². The van der Waals surface area contributed by atoms with E-state index in [0.717, 1.165) is 186 Å². The smallest absolute Gasteiger partial charge is 0.0645 e. The summed E-state index contributed by atoms with van der Waals surface area (Å²) in [5.41, 5.74) is 23.9. The molecule has 0 aliphatic rings. The highest BCUT2D eigenvalue weighted by atomic mass is 15.2. The van der Waals surface area contributed by atoms with Gasteiger partial charge in [-0.3, -0.25) is 0 Å². The molecule has 0 fully saturated rings. The monoisotopic (exact) mass is 1610 g/mol. The Labute approximate surface area is 747 Å². The van der Waals surface area contributed by atoms with Crippen LogP contribution in [0, 0.1) is 55.1 Å². The third kappa shape index (κ3) is 10.6. The lowest BCUT2D eigenvalue weighted by molar-refractivity contribution is 1.24. The quantitative estimate of drug-likeness (QED) is 0.122. The van der Waals surface area contributed by atoms with Gasteiger partial charge in [0.15, 0.2) is 0 Å². The first kappa shape index (κ1) is 52.4. The summed E-state index contributed by atoms with van der Waals surface area (Å²) in [5.74, 6) is 0. The molecule has 588 valence electrons. The number of nitrogens with zero attached hydrogens (tertiary/aromatic N) is 8. The number of hydrogen-bond donors (Lipinski definition) is 0. The molecule has 0 unspecified atom stereocenters. The Balaban J connectivity index is 0.000000152. The highest BCUT2D eigenvalue weighted by molar-refractivity contribution is 6.32. The Morgan fingerprint density at radius 2 is 0.419 bits per heavy atom. The molecule has 124 heavy (non-hydrogen) atoms. The highest BCUT2D eigenvalue weighted by Crippen LogP contribution is 2.52. The van der Waals surface area contributed by atoms with E-state index >= 15 is 0 Å². The molecule has 0 saturated carbocycles. The highest BCUT2D eigenvalue weighted by Gasteiger charge is 2.29. The van der Waals surface area contributed by atoms with Crippen LogP contribution in [0.3, 0.4) is 0 Å². The van der Waals surface area contributed by atoms with Crippen molar-refractivity contribution >= 4 is 221 Å². The number of aromatic nitrogens is 4. The largest absolute Gasteiger partial charge is 0.310 e. The molecular formula is C116H84N8. The average molecular weight is 1610 g/mol. The molecule has 18 aromatic carbocycles. The summed E-state index contributed by atoms with van der Waals surface area (Å²) in [6.45, 7) is -1.25. The molecule has 0 amide bonds. The van der Waals surface area contributed by atoms with Crippen LogP contribution in [0.5, 0.6) is 0 Å². The van der Waals surface area contributed by atoms with Crippen molar-refractivity contribution in [1.29, 1.82) is 0 Å². The van der Waals surface area contributed by atoms with Crippen molar-refractivity contribution < 1.29 is 30.2 Å². The van der Waals surface area contributed by atoms with E-state index in [9.17, 15) is 0 Å². The van der Waals surface area contributed by atoms with Gasteiger partial charge in [0.2, 0.25) is 0 Å². The average Bonchev–Trinajstić information content (AvgIpc) is 1.52. The van der Waals surface area contributed by atoms with Crippen LogP contribution in [0.15, 0.2) is 364 Å². The van der Waals surface area contributed by atoms with E-state index in [1.54, 1.807) is 107 Å². The van der Waals surface area contributed by atoms with Crippen LogP contribution < -0.4 is 19.6 Å². The summed E-state index contributed by atoms with van der Waals surface area (Å²) in [7, 11) is 0. The van der Waals surface area contributed by atoms with E-state index in [2.05, 4.69) is 163 Å². The SMILES string of the molecule is [2H]C([2H])([2H])c1ccc(N(c2ccc(C([2H])([2H])[2H])cc2)c2ccc3c4cccc5c6cc7c(cc6n(c3c2)c45)c2cccc3c4ccc(N(c5ccc(C([2H])([2H])[2H])cc5)c5ccc(C([2H])([2H])[2H])cc5)cc4n7c32)cc1.[2H]c1c([2H])c([2H])c(N(c2ccc3c4cccc5c6cc7c(cc6n(c3c2)c45)c2cccc3c4ccc(N(c5cc(C)ccc5C)c5c([2H])c([2H])c([2H])c([2H])c5[2H])cc4n7c32)c2cc(C)ccc2C)c([2H])c1[2H]. The fourth-order valence-electron chi connectivity index (χ4n) is 20.1. The van der Waals surface area contributed by atoms with Crippen LogP contribution in [0.2, 0.25) is 0 Å². The number of benzene rings is 18. The molecule has 8 heterocycles. The third-order valence-corrected chi connectivity index (χ3v) is 25.6. The summed E-state index contributed by atoms with van der Waals surface area (Å²) >= 11 is 0. The fraction of sp³-hybridized carbons (Fsp3) is 0.0690. The zero-order valence-electron chi connectivity index (χ0n) is 89.4. The third-order valence-electron chi connectivity index (χ3n) is 25.6. The lowest BCUT2D eigenvalue weighted by Gasteiger charge is -2.27. The molecule has 0 atom stereocenters. The first-order chi connectivity index (χ1) is 69.8. The van der Waals surface area contributed by atoms with Gasteiger partial charge in [0.25, 0.3) is 0 Å². The predicted molar refractivity (Wildman–Crippen MR) is 528 cm³/mol. The Kier molecular flexibility index (Phi) is 11.4. The Morgan fingerprint density at radius 3 is 0.677 bits per heavy atom. The summed E-state index contributed by atoms with van der Waals surface area (Å²) in [6.07, 6.45) is 0. The van der Waals surface area contributed by atoms with Gasteiger partial charge in [0.1, 0.15) is 0 Å². The van der Waals surface area contributed by atoms with Gasteiger partial charge in [-0.05, 0) is 235 Å². The molecule has 26 rings (SSSR count). The first-order valence-corrected chi connectivity index (χ1v) is 41.4. The van der Waals surface area contributed by atoms with Crippen molar-refractivity contribution in [3.63, 3.8) is 0 Å². The van der Waals surface area contributed by atoms with Crippen LogP contribution in [0.25, 0.3) is 152 Å². The zero-order valence-corrected chi connectivity index (χ0v) is 67.4. The second kappa shape index (κ2) is 26.9. The van der Waals surface area contributed by atoms with Crippen molar-refractivity contribution in [3.8, 4) is 0 Å². The van der Waals surface area contributed by atoms with E-state index < -0.39 is 63.7 Å². The molecule has 0 saturated heterocycles. The molecule has 0 bridgehead atoms. The van der Waals surface area contributed by atoms with Crippen molar-refractivity contribution in [2.24, 2.45) is 0 Å². The van der Waals surface area contributed by atoms with Gasteiger partial charge in [0, 0.05) is 171 Å². The molecule has 0 radical (unpaired) electrons. The van der Waals surface area contributed by atoms with E-state index in [4.69, 9.17) is 30.2 Å². The minimum atomic E-state index is -2.28. The van der Waals surface area contributed by atoms with Gasteiger partial charge < -0.3 is 37.2 Å². The van der Waals surface area contributed by atoms with E-state index in [1.807, 2.05) is 98.2 Å². The second-order valence-corrected chi connectivity index (χ2v) is 32.8. The molecule has 8 heteroatoms. The molecule has 0 aliphatic heterocycles. The lowest BCUT2D eigenvalue weighted by Crippen LogP contribution is -2.11. The van der Waals surface area contributed by atoms with Crippen LogP contribution in [0.1, 0.15) is 74.7 Å². The van der Waals surface area contributed by atoms with Crippen molar-refractivity contribution in [2.75, 3.05) is 19.6 Å². The number of anilines is 12. The maximum atomic E-state index is 9.14. The predicted octanol–water partition coefficient (Wildman–Crippen LogP) is 32.3. The second-order valence-electron chi connectivity index (χ2n) is 32.8. The summed E-state index contributed by atoms with van der Waals surface area (Å²) < 4.78 is 193. The lowest BCUT2D eigenvalue weighted by atomic mass is 10.0. The minimum absolute atomic E-state index is 0.0707. The Hall–Kier alpha value is -15.6. The number of rotatable bonds is 12. The zero-order chi connectivity index (χ0) is 101. The maximum absolute atomic E-state index is 9.14. The standard InChI is InChI=1S/2C58H42N4/c1-35-11-19-39(20-12-35)59(40-21-13-36(2)14-22-40)43-27-29-45-47-7-5-9-49-51-34-56-52(33-55(51)61(57(47)49)53(45)31-43)50-10-6-8-48-46-30-28-44(32-54(46)62(56)58(48)50)60(41-23-15-37(3)16-24-41)42-25-17-38(4)18-26-42;1-35-21-23-37(3)51(29-35)59(39-13-7-5-8-14-39)41-25-27-43-45-17-11-19-47-49-34-56-50(33-55(49)61(57(45)47)53(43)31-41)48-20-12-18-46-44-28-26-42(32-54(44)62(56)58(46)48)60(40-15-9-6-10-16-40)52-30-36(2)22-24-38(52)4/h2*5-34H,1-4H3/i1D3,2D3,3D3,4D3;5D,6D,7D,8D,9D,10D,13D,14D,15D,16D. The number of para-hydroxylation sites is 6. The maximum Gasteiger partial charge on any atom is 0.0645 e.